The smallest absolute Gasteiger partial charge is 0.317 e. The highest BCUT2D eigenvalue weighted by Gasteiger charge is 2.47. The van der Waals surface area contributed by atoms with Crippen molar-refractivity contribution in [3.63, 3.8) is 0 Å². The molecule has 0 bridgehead atoms. The van der Waals surface area contributed by atoms with Crippen LogP contribution in [0.2, 0.25) is 0 Å². The normalized spacial score (nSPS) is 25.3. The molecule has 0 unspecified atom stereocenters. The molecule has 0 radical (unpaired) electrons. The molecular formula is C20H31N3O3S. The quantitative estimate of drug-likeness (QED) is 0.855. The first-order valence-electron chi connectivity index (χ1n) is 9.85. The first-order chi connectivity index (χ1) is 12.8. The molecule has 150 valence electrons. The number of urea groups is 1. The van der Waals surface area contributed by atoms with Gasteiger partial charge in [-0.15, -0.1) is 0 Å². The lowest BCUT2D eigenvalue weighted by Gasteiger charge is -2.23. The Bertz CT molecular complexity index is 778. The Hall–Kier alpha value is -1.60. The van der Waals surface area contributed by atoms with Crippen LogP contribution >= 0.6 is 0 Å². The van der Waals surface area contributed by atoms with E-state index in [0.717, 1.165) is 17.5 Å². The van der Waals surface area contributed by atoms with Crippen LogP contribution in [0.25, 0.3) is 0 Å². The molecule has 0 spiro atoms. The molecule has 7 heteroatoms. The predicted octanol–water partition coefficient (Wildman–Crippen LogP) is 2.59. The van der Waals surface area contributed by atoms with Crippen molar-refractivity contribution in [3.05, 3.63) is 35.4 Å². The van der Waals surface area contributed by atoms with E-state index in [1.54, 1.807) is 9.21 Å². The van der Waals surface area contributed by atoms with Gasteiger partial charge < -0.3 is 10.2 Å². The van der Waals surface area contributed by atoms with Gasteiger partial charge in [0.05, 0.1) is 5.25 Å². The first-order valence-corrected chi connectivity index (χ1v) is 11.4. The summed E-state index contributed by atoms with van der Waals surface area (Å²) in [6, 6.07) is 7.89. The molecule has 2 aliphatic heterocycles. The zero-order valence-electron chi connectivity index (χ0n) is 16.5. The molecule has 2 fully saturated rings. The molecule has 2 atom stereocenters. The van der Waals surface area contributed by atoms with E-state index in [1.165, 1.54) is 0 Å². The number of sulfonamides is 1. The molecule has 1 aromatic rings. The van der Waals surface area contributed by atoms with Crippen LogP contribution in [-0.4, -0.2) is 55.1 Å². The lowest BCUT2D eigenvalue weighted by atomic mass is 10.0. The number of likely N-dealkylation sites (tertiary alicyclic amines) is 1. The molecule has 0 aliphatic carbocycles. The molecule has 2 saturated heterocycles. The third-order valence-corrected chi connectivity index (χ3v) is 8.11. The van der Waals surface area contributed by atoms with Gasteiger partial charge in [-0.3, -0.25) is 0 Å². The second kappa shape index (κ2) is 8.19. The summed E-state index contributed by atoms with van der Waals surface area (Å²) in [5, 5.41) is 2.64. The third kappa shape index (κ3) is 4.46. The number of carbonyl (C=O) groups is 1. The highest BCUT2D eigenvalue weighted by Crippen LogP contribution is 2.34. The van der Waals surface area contributed by atoms with E-state index in [9.17, 15) is 13.2 Å². The molecule has 1 aromatic carbocycles. The second-order valence-corrected chi connectivity index (χ2v) is 10.4. The van der Waals surface area contributed by atoms with Gasteiger partial charge >= 0.3 is 6.03 Å². The van der Waals surface area contributed by atoms with Crippen LogP contribution in [0.15, 0.2) is 24.3 Å². The number of nitrogens with zero attached hydrogens (tertiary/aromatic N) is 2. The minimum atomic E-state index is -3.24. The largest absolute Gasteiger partial charge is 0.334 e. The molecular weight excluding hydrogens is 362 g/mol. The summed E-state index contributed by atoms with van der Waals surface area (Å²) in [5.74, 6) is 0.453. The maximum atomic E-state index is 12.8. The molecule has 6 nitrogen and oxygen atoms in total. The number of amides is 2. The lowest BCUT2D eigenvalue weighted by Crippen LogP contribution is -2.41. The van der Waals surface area contributed by atoms with Crippen molar-refractivity contribution >= 4 is 16.1 Å². The number of benzene rings is 1. The number of carbonyl (C=O) groups excluding carboxylic acids is 1. The zero-order chi connectivity index (χ0) is 19.6. The molecule has 2 aliphatic rings. The van der Waals surface area contributed by atoms with Gasteiger partial charge in [0, 0.05) is 32.7 Å². The minimum Gasteiger partial charge on any atom is -0.334 e. The van der Waals surface area contributed by atoms with E-state index >= 15 is 0 Å². The Morgan fingerprint density at radius 2 is 1.93 bits per heavy atom. The minimum absolute atomic E-state index is 0.102. The first kappa shape index (κ1) is 20.1. The average molecular weight is 394 g/mol. The maximum Gasteiger partial charge on any atom is 0.317 e. The fraction of sp³-hybridized carbons (Fsp3) is 0.650. The molecule has 2 heterocycles. The number of hydrogen-bond acceptors (Lipinski definition) is 3. The van der Waals surface area contributed by atoms with Crippen LogP contribution in [0, 0.1) is 18.8 Å². The van der Waals surface area contributed by atoms with Gasteiger partial charge in [-0.1, -0.05) is 38.1 Å². The maximum absolute atomic E-state index is 12.8. The highest BCUT2D eigenvalue weighted by molar-refractivity contribution is 7.90. The van der Waals surface area contributed by atoms with E-state index < -0.39 is 10.0 Å². The fourth-order valence-electron chi connectivity index (χ4n) is 4.18. The summed E-state index contributed by atoms with van der Waals surface area (Å²) in [7, 11) is -3.24. The van der Waals surface area contributed by atoms with Crippen LogP contribution in [-0.2, 0) is 16.6 Å². The van der Waals surface area contributed by atoms with E-state index in [4.69, 9.17) is 0 Å². The van der Waals surface area contributed by atoms with Gasteiger partial charge in [-0.25, -0.2) is 17.5 Å². The average Bonchev–Trinajstić information content (AvgIpc) is 2.76. The second-order valence-electron chi connectivity index (χ2n) is 8.20. The van der Waals surface area contributed by atoms with Crippen LogP contribution < -0.4 is 5.32 Å². The summed E-state index contributed by atoms with van der Waals surface area (Å²) in [6.45, 7) is 8.92. The topological polar surface area (TPSA) is 69.7 Å². The van der Waals surface area contributed by atoms with Crippen molar-refractivity contribution < 1.29 is 13.2 Å². The van der Waals surface area contributed by atoms with Gasteiger partial charge in [0.15, 0.2) is 0 Å². The fourth-order valence-corrected chi connectivity index (χ4v) is 6.58. The molecule has 1 N–H and O–H groups in total. The van der Waals surface area contributed by atoms with Crippen LogP contribution in [0.3, 0.4) is 0 Å². The van der Waals surface area contributed by atoms with Crippen LogP contribution in [0.5, 0.6) is 0 Å². The standard InChI is InChI=1S/C20H31N3O3S/c1-15(2)13-23-14-18-8-10-22(11-9-19(18)27(23,25)26)20(24)21-12-17-7-5-4-6-16(17)3/h4-7,15,18-19H,8-14H2,1-3H3,(H,21,24)/t18-,19+/m0/s1. The number of aryl methyl sites for hydroxylation is 1. The summed E-state index contributed by atoms with van der Waals surface area (Å²) in [4.78, 5) is 14.4. The van der Waals surface area contributed by atoms with Crippen molar-refractivity contribution in [2.75, 3.05) is 26.2 Å². The van der Waals surface area contributed by atoms with Crippen molar-refractivity contribution in [2.45, 2.75) is 45.4 Å². The molecule has 2 amide bonds. The van der Waals surface area contributed by atoms with Gasteiger partial charge in [0.2, 0.25) is 10.0 Å². The summed E-state index contributed by atoms with van der Waals surface area (Å²) >= 11 is 0. The number of hydrogen-bond donors (Lipinski definition) is 1. The summed E-state index contributed by atoms with van der Waals surface area (Å²) < 4.78 is 27.4. The van der Waals surface area contributed by atoms with Gasteiger partial charge in [0.1, 0.15) is 0 Å². The molecule has 3 rings (SSSR count). The van der Waals surface area contributed by atoms with Crippen LogP contribution in [0.4, 0.5) is 4.79 Å². The molecule has 27 heavy (non-hydrogen) atoms. The van der Waals surface area contributed by atoms with Gasteiger partial charge in [-0.2, -0.15) is 0 Å². The Kier molecular flexibility index (Phi) is 6.11. The SMILES string of the molecule is Cc1ccccc1CNC(=O)N1CC[C@H]2CN(CC(C)C)S(=O)(=O)[C@@H]2CC1. The number of rotatable bonds is 4. The number of fused-ring (bicyclic) bond motifs is 1. The lowest BCUT2D eigenvalue weighted by molar-refractivity contribution is 0.198. The predicted molar refractivity (Wildman–Crippen MR) is 107 cm³/mol. The Balaban J connectivity index is 1.58. The number of nitrogens with one attached hydrogen (secondary N) is 1. The van der Waals surface area contributed by atoms with E-state index in [2.05, 4.69) is 5.32 Å². The molecule has 0 aromatic heterocycles. The Morgan fingerprint density at radius 3 is 2.63 bits per heavy atom. The zero-order valence-corrected chi connectivity index (χ0v) is 17.3. The van der Waals surface area contributed by atoms with E-state index in [-0.39, 0.29) is 17.2 Å². The summed E-state index contributed by atoms with van der Waals surface area (Å²) in [5.41, 5.74) is 2.25. The van der Waals surface area contributed by atoms with Crippen molar-refractivity contribution in [1.82, 2.24) is 14.5 Å². The van der Waals surface area contributed by atoms with Gasteiger partial charge in [0.25, 0.3) is 0 Å². The van der Waals surface area contributed by atoms with Crippen molar-refractivity contribution in [1.29, 1.82) is 0 Å². The monoisotopic (exact) mass is 393 g/mol. The Morgan fingerprint density at radius 1 is 1.22 bits per heavy atom. The van der Waals surface area contributed by atoms with Crippen LogP contribution in [0.1, 0.15) is 37.8 Å². The Labute approximate surface area is 163 Å². The summed E-state index contributed by atoms with van der Waals surface area (Å²) in [6.07, 6.45) is 1.27. The highest BCUT2D eigenvalue weighted by atomic mass is 32.2. The van der Waals surface area contributed by atoms with Crippen molar-refractivity contribution in [2.24, 2.45) is 11.8 Å². The van der Waals surface area contributed by atoms with E-state index in [1.807, 2.05) is 45.0 Å². The van der Waals surface area contributed by atoms with Crippen molar-refractivity contribution in [3.8, 4) is 0 Å². The molecule has 0 saturated carbocycles. The van der Waals surface area contributed by atoms with Gasteiger partial charge in [-0.05, 0) is 42.7 Å². The van der Waals surface area contributed by atoms with E-state index in [0.29, 0.717) is 45.1 Å². The third-order valence-electron chi connectivity index (χ3n) is 5.71.